The van der Waals surface area contributed by atoms with Crippen molar-refractivity contribution >= 4 is 20.3 Å². The molecule has 2 aromatic carbocycles. The number of rotatable bonds is 3. The highest BCUT2D eigenvalue weighted by molar-refractivity contribution is 8.02. The lowest BCUT2D eigenvalue weighted by Gasteiger charge is -2.46. The standard InChI is InChI=1S/C25H27NO2S/c27-29(28)24(19-11-5-2-6-12-19)22(18-9-3-1-4-10-18)23-20-13-14-21(17-20)25(23,29)26-15-7-8-16-26/h1-6,9-12,20-21,23H,7-8,13-17H2. The smallest absolute Gasteiger partial charge is 0.199 e. The third-order valence-electron chi connectivity index (χ3n) is 7.95. The Morgan fingerprint density at radius 1 is 0.828 bits per heavy atom. The van der Waals surface area contributed by atoms with Crippen LogP contribution in [0.5, 0.6) is 0 Å². The Balaban J connectivity index is 1.68. The van der Waals surface area contributed by atoms with Gasteiger partial charge in [0, 0.05) is 5.92 Å². The maximum Gasteiger partial charge on any atom is 0.199 e. The van der Waals surface area contributed by atoms with E-state index < -0.39 is 14.7 Å². The van der Waals surface area contributed by atoms with Gasteiger partial charge in [0.25, 0.3) is 0 Å². The highest BCUT2D eigenvalue weighted by Crippen LogP contribution is 2.69. The minimum absolute atomic E-state index is 0.0990. The molecule has 2 saturated carbocycles. The van der Waals surface area contributed by atoms with E-state index in [-0.39, 0.29) is 11.8 Å². The fraction of sp³-hybridized carbons (Fsp3) is 0.440. The minimum atomic E-state index is -3.49. The Morgan fingerprint density at radius 2 is 1.45 bits per heavy atom. The van der Waals surface area contributed by atoms with E-state index >= 15 is 0 Å². The summed E-state index contributed by atoms with van der Waals surface area (Å²) in [7, 11) is -3.49. The molecular weight excluding hydrogens is 378 g/mol. The number of hydrogen-bond acceptors (Lipinski definition) is 3. The SMILES string of the molecule is O=S1(=O)C(c2ccccc2)=C(c2ccccc2)C2C3CCC(C3)C21N1CCCC1. The second kappa shape index (κ2) is 6.29. The molecule has 2 aliphatic carbocycles. The van der Waals surface area contributed by atoms with Gasteiger partial charge in [-0.25, -0.2) is 8.42 Å². The molecule has 0 amide bonds. The van der Waals surface area contributed by atoms with Crippen LogP contribution in [-0.2, 0) is 9.84 Å². The maximum atomic E-state index is 14.6. The molecule has 3 fully saturated rings. The van der Waals surface area contributed by atoms with E-state index in [4.69, 9.17) is 0 Å². The van der Waals surface area contributed by atoms with Gasteiger partial charge in [0.15, 0.2) is 9.84 Å². The predicted molar refractivity (Wildman–Crippen MR) is 116 cm³/mol. The van der Waals surface area contributed by atoms with Crippen LogP contribution in [0.3, 0.4) is 0 Å². The van der Waals surface area contributed by atoms with E-state index in [1.54, 1.807) is 0 Å². The molecule has 4 unspecified atom stereocenters. The zero-order valence-electron chi connectivity index (χ0n) is 16.6. The first-order valence-corrected chi connectivity index (χ1v) is 12.5. The van der Waals surface area contributed by atoms with Crippen molar-refractivity contribution in [3.05, 3.63) is 71.8 Å². The summed E-state index contributed by atoms with van der Waals surface area (Å²) in [6.45, 7) is 1.84. The fourth-order valence-electron chi connectivity index (χ4n) is 7.09. The molecule has 3 nitrogen and oxygen atoms in total. The second-order valence-electron chi connectivity index (χ2n) is 9.17. The van der Waals surface area contributed by atoms with Crippen LogP contribution >= 0.6 is 0 Å². The lowest BCUT2D eigenvalue weighted by molar-refractivity contribution is 0.106. The molecule has 4 atom stereocenters. The van der Waals surface area contributed by atoms with Crippen LogP contribution in [0.25, 0.3) is 10.5 Å². The van der Waals surface area contributed by atoms with E-state index in [9.17, 15) is 8.42 Å². The Kier molecular flexibility index (Phi) is 3.89. The molecule has 2 bridgehead atoms. The number of likely N-dealkylation sites (tertiary alicyclic amines) is 1. The molecule has 0 spiro atoms. The molecule has 2 aromatic rings. The molecule has 2 heterocycles. The van der Waals surface area contributed by atoms with Gasteiger partial charge in [0.2, 0.25) is 0 Å². The van der Waals surface area contributed by atoms with Gasteiger partial charge in [0.05, 0.1) is 4.91 Å². The van der Waals surface area contributed by atoms with Crippen LogP contribution in [0.1, 0.15) is 43.2 Å². The van der Waals surface area contributed by atoms with E-state index in [1.165, 1.54) is 6.42 Å². The van der Waals surface area contributed by atoms with Crippen LogP contribution < -0.4 is 0 Å². The first kappa shape index (κ1) is 17.9. The highest BCUT2D eigenvalue weighted by Gasteiger charge is 2.73. The van der Waals surface area contributed by atoms with Crippen molar-refractivity contribution in [1.29, 1.82) is 0 Å². The zero-order valence-corrected chi connectivity index (χ0v) is 17.4. The third-order valence-corrected chi connectivity index (χ3v) is 10.7. The summed E-state index contributed by atoms with van der Waals surface area (Å²) in [6.07, 6.45) is 5.52. The quantitative estimate of drug-likeness (QED) is 0.735. The van der Waals surface area contributed by atoms with Crippen molar-refractivity contribution < 1.29 is 8.42 Å². The Labute approximate surface area is 173 Å². The maximum absolute atomic E-state index is 14.6. The summed E-state index contributed by atoms with van der Waals surface area (Å²) < 4.78 is 29.1. The summed E-state index contributed by atoms with van der Waals surface area (Å²) in [4.78, 5) is 2.27. The zero-order chi connectivity index (χ0) is 19.6. The first-order chi connectivity index (χ1) is 14.2. The Morgan fingerprint density at radius 3 is 2.10 bits per heavy atom. The Bertz CT molecular complexity index is 1070. The van der Waals surface area contributed by atoms with Crippen molar-refractivity contribution in [2.45, 2.75) is 37.0 Å². The largest absolute Gasteiger partial charge is 0.284 e. The summed E-state index contributed by atoms with van der Waals surface area (Å²) in [5.41, 5.74) is 3.04. The number of sulfone groups is 1. The first-order valence-electron chi connectivity index (χ1n) is 11.0. The average molecular weight is 406 g/mol. The monoisotopic (exact) mass is 405 g/mol. The Hall–Kier alpha value is -1.91. The van der Waals surface area contributed by atoms with E-state index in [1.807, 2.05) is 48.5 Å². The van der Waals surface area contributed by atoms with Crippen LogP contribution in [-0.4, -0.2) is 31.3 Å². The molecule has 4 heteroatoms. The molecule has 0 N–H and O–H groups in total. The van der Waals surface area contributed by atoms with Crippen LogP contribution in [0.15, 0.2) is 60.7 Å². The van der Waals surface area contributed by atoms with Gasteiger partial charge < -0.3 is 0 Å². The predicted octanol–water partition coefficient (Wildman–Crippen LogP) is 4.82. The number of benzene rings is 2. The molecule has 4 aliphatic rings. The third kappa shape index (κ3) is 2.19. The molecule has 29 heavy (non-hydrogen) atoms. The average Bonchev–Trinajstić information content (AvgIpc) is 3.51. The van der Waals surface area contributed by atoms with Crippen LogP contribution in [0.4, 0.5) is 0 Å². The van der Waals surface area contributed by atoms with Crippen molar-refractivity contribution in [1.82, 2.24) is 4.90 Å². The molecule has 1 saturated heterocycles. The number of fused-ring (bicyclic) bond motifs is 5. The van der Waals surface area contributed by atoms with Crippen molar-refractivity contribution in [2.24, 2.45) is 17.8 Å². The summed E-state index contributed by atoms with van der Waals surface area (Å²) >= 11 is 0. The summed E-state index contributed by atoms with van der Waals surface area (Å²) in [6, 6.07) is 20.2. The van der Waals surface area contributed by atoms with E-state index in [0.717, 1.165) is 55.5 Å². The number of nitrogens with zero attached hydrogens (tertiary/aromatic N) is 1. The van der Waals surface area contributed by atoms with Crippen LogP contribution in [0.2, 0.25) is 0 Å². The lowest BCUT2D eigenvalue weighted by atomic mass is 9.75. The minimum Gasteiger partial charge on any atom is -0.284 e. The summed E-state index contributed by atoms with van der Waals surface area (Å²) in [5.74, 6) is 0.842. The highest BCUT2D eigenvalue weighted by atomic mass is 32.2. The topological polar surface area (TPSA) is 37.4 Å². The van der Waals surface area contributed by atoms with Gasteiger partial charge >= 0.3 is 0 Å². The molecule has 2 aliphatic heterocycles. The lowest BCUT2D eigenvalue weighted by Crippen LogP contribution is -2.59. The van der Waals surface area contributed by atoms with Crippen molar-refractivity contribution in [3.63, 3.8) is 0 Å². The molecule has 0 aromatic heterocycles. The molecular formula is C25H27NO2S. The van der Waals surface area contributed by atoms with Gasteiger partial charge in [-0.3, -0.25) is 4.90 Å². The summed E-state index contributed by atoms with van der Waals surface area (Å²) in [5, 5.41) is 0. The van der Waals surface area contributed by atoms with Gasteiger partial charge in [-0.1, -0.05) is 60.7 Å². The van der Waals surface area contributed by atoms with E-state index in [2.05, 4.69) is 17.0 Å². The molecule has 0 radical (unpaired) electrons. The van der Waals surface area contributed by atoms with Crippen molar-refractivity contribution in [2.75, 3.05) is 13.1 Å². The van der Waals surface area contributed by atoms with Gasteiger partial charge in [0.1, 0.15) is 4.87 Å². The normalized spacial score (nSPS) is 35.4. The van der Waals surface area contributed by atoms with Gasteiger partial charge in [-0.2, -0.15) is 0 Å². The van der Waals surface area contributed by atoms with Crippen molar-refractivity contribution in [3.8, 4) is 0 Å². The van der Waals surface area contributed by atoms with Gasteiger partial charge in [-0.15, -0.1) is 0 Å². The van der Waals surface area contributed by atoms with E-state index in [0.29, 0.717) is 10.8 Å². The van der Waals surface area contributed by atoms with Crippen LogP contribution in [0, 0.1) is 17.8 Å². The molecule has 150 valence electrons. The number of hydrogen-bond donors (Lipinski definition) is 0. The molecule has 6 rings (SSSR count). The fourth-order valence-corrected chi connectivity index (χ4v) is 10.2. The van der Waals surface area contributed by atoms with Gasteiger partial charge in [-0.05, 0) is 73.7 Å². The second-order valence-corrected chi connectivity index (χ2v) is 11.2.